The van der Waals surface area contributed by atoms with Gasteiger partial charge in [-0.25, -0.2) is 4.98 Å². The fourth-order valence-electron chi connectivity index (χ4n) is 2.21. The molecule has 0 bridgehead atoms. The molecule has 2 rings (SSSR count). The number of carbonyl (C=O) groups is 1. The molecule has 2 heterocycles. The summed E-state index contributed by atoms with van der Waals surface area (Å²) in [4.78, 5) is 17.7. The number of pyridine rings is 1. The van der Waals surface area contributed by atoms with Crippen molar-refractivity contribution >= 4 is 5.91 Å². The van der Waals surface area contributed by atoms with Gasteiger partial charge >= 0.3 is 0 Å². The first-order valence-electron chi connectivity index (χ1n) is 6.20. The van der Waals surface area contributed by atoms with Crippen molar-refractivity contribution in [2.75, 3.05) is 13.6 Å². The maximum Gasteiger partial charge on any atom is 0.270 e. The van der Waals surface area contributed by atoms with Crippen molar-refractivity contribution in [3.63, 3.8) is 0 Å². The number of amides is 1. The van der Waals surface area contributed by atoms with Gasteiger partial charge < -0.3 is 10.2 Å². The lowest BCUT2D eigenvalue weighted by molar-refractivity contribution is 0.0890. The molecule has 0 saturated carbocycles. The molecule has 1 aromatic rings. The molecule has 0 aromatic carbocycles. The van der Waals surface area contributed by atoms with Crippen LogP contribution in [0.4, 0.5) is 4.39 Å². The number of hydrogen-bond acceptors (Lipinski definition) is 3. The summed E-state index contributed by atoms with van der Waals surface area (Å²) in [6, 6.07) is 4.85. The molecule has 1 N–H and O–H groups in total. The Morgan fingerprint density at radius 3 is 3.00 bits per heavy atom. The van der Waals surface area contributed by atoms with Crippen molar-refractivity contribution in [1.82, 2.24) is 15.2 Å². The lowest BCUT2D eigenvalue weighted by atomic mass is 9.99. The van der Waals surface area contributed by atoms with Crippen LogP contribution in [0, 0.1) is 5.95 Å². The molecule has 98 valence electrons. The Balaban J connectivity index is 1.96. The van der Waals surface area contributed by atoms with Gasteiger partial charge in [-0.05, 0) is 38.9 Å². The van der Waals surface area contributed by atoms with E-state index in [-0.39, 0.29) is 17.6 Å². The molecule has 0 spiro atoms. The maximum atomic E-state index is 12.9. The second-order valence-corrected chi connectivity index (χ2v) is 4.87. The Kier molecular flexibility index (Phi) is 3.91. The molecule has 0 aliphatic carbocycles. The van der Waals surface area contributed by atoms with Gasteiger partial charge in [-0.3, -0.25) is 4.79 Å². The molecule has 1 aliphatic heterocycles. The quantitative estimate of drug-likeness (QED) is 0.809. The van der Waals surface area contributed by atoms with E-state index in [2.05, 4.69) is 29.2 Å². The first-order valence-corrected chi connectivity index (χ1v) is 6.20. The summed E-state index contributed by atoms with van der Waals surface area (Å²) >= 11 is 0. The topological polar surface area (TPSA) is 45.2 Å². The van der Waals surface area contributed by atoms with Crippen LogP contribution in [0.15, 0.2) is 18.2 Å². The average Bonchev–Trinajstić information content (AvgIpc) is 2.34. The van der Waals surface area contributed by atoms with E-state index in [0.29, 0.717) is 6.04 Å². The smallest absolute Gasteiger partial charge is 0.270 e. The van der Waals surface area contributed by atoms with Crippen LogP contribution in [0.1, 0.15) is 30.3 Å². The highest BCUT2D eigenvalue weighted by atomic mass is 19.1. The van der Waals surface area contributed by atoms with Gasteiger partial charge in [-0.2, -0.15) is 4.39 Å². The molecule has 2 unspecified atom stereocenters. The van der Waals surface area contributed by atoms with Crippen LogP contribution in [0.2, 0.25) is 0 Å². The fraction of sp³-hybridized carbons (Fsp3) is 0.538. The standard InChI is InChI=1S/C13H18FN3O/c1-9-8-10(6-7-17(9)2)15-13(18)11-4-3-5-12(14)16-11/h3-5,9-10H,6-8H2,1-2H3,(H,15,18). The Morgan fingerprint density at radius 2 is 2.33 bits per heavy atom. The number of hydrogen-bond donors (Lipinski definition) is 1. The van der Waals surface area contributed by atoms with E-state index in [1.54, 1.807) is 0 Å². The lowest BCUT2D eigenvalue weighted by Crippen LogP contribution is -2.47. The zero-order valence-corrected chi connectivity index (χ0v) is 10.7. The van der Waals surface area contributed by atoms with Gasteiger partial charge in [0.15, 0.2) is 0 Å². The summed E-state index contributed by atoms with van der Waals surface area (Å²) in [7, 11) is 2.08. The number of likely N-dealkylation sites (tertiary alicyclic amines) is 1. The number of nitrogens with zero attached hydrogens (tertiary/aromatic N) is 2. The van der Waals surface area contributed by atoms with Crippen LogP contribution < -0.4 is 5.32 Å². The number of rotatable bonds is 2. The molecule has 1 aromatic heterocycles. The van der Waals surface area contributed by atoms with Crippen LogP contribution in [0.5, 0.6) is 0 Å². The van der Waals surface area contributed by atoms with Crippen LogP contribution in [0.3, 0.4) is 0 Å². The van der Waals surface area contributed by atoms with E-state index in [1.165, 1.54) is 18.2 Å². The summed E-state index contributed by atoms with van der Waals surface area (Å²) in [5.41, 5.74) is 0.140. The molecule has 2 atom stereocenters. The minimum atomic E-state index is -0.626. The van der Waals surface area contributed by atoms with E-state index in [1.807, 2.05) is 0 Å². The molecule has 1 aliphatic rings. The van der Waals surface area contributed by atoms with Crippen molar-refractivity contribution < 1.29 is 9.18 Å². The Labute approximate surface area is 106 Å². The number of piperidine rings is 1. The molecule has 18 heavy (non-hydrogen) atoms. The van der Waals surface area contributed by atoms with Crippen molar-refractivity contribution in [1.29, 1.82) is 0 Å². The summed E-state index contributed by atoms with van der Waals surface area (Å²) in [6.07, 6.45) is 1.83. The number of carbonyl (C=O) groups excluding carboxylic acids is 1. The third-order valence-electron chi connectivity index (χ3n) is 3.49. The monoisotopic (exact) mass is 251 g/mol. The SMILES string of the molecule is CC1CC(NC(=O)c2cccc(F)n2)CCN1C. The normalized spacial score (nSPS) is 24.8. The zero-order valence-electron chi connectivity index (χ0n) is 10.7. The van der Waals surface area contributed by atoms with Gasteiger partial charge in [0, 0.05) is 18.6 Å². The highest BCUT2D eigenvalue weighted by Gasteiger charge is 2.24. The average molecular weight is 251 g/mol. The van der Waals surface area contributed by atoms with Crippen LogP contribution in [-0.2, 0) is 0 Å². The van der Waals surface area contributed by atoms with Gasteiger partial charge in [0.25, 0.3) is 5.91 Å². The second-order valence-electron chi connectivity index (χ2n) is 4.87. The van der Waals surface area contributed by atoms with Crippen LogP contribution in [0.25, 0.3) is 0 Å². The van der Waals surface area contributed by atoms with E-state index in [0.717, 1.165) is 19.4 Å². The van der Waals surface area contributed by atoms with Crippen molar-refractivity contribution in [2.24, 2.45) is 0 Å². The largest absolute Gasteiger partial charge is 0.348 e. The molecule has 1 amide bonds. The molecule has 1 saturated heterocycles. The number of nitrogens with one attached hydrogen (secondary N) is 1. The van der Waals surface area contributed by atoms with E-state index in [9.17, 15) is 9.18 Å². The van der Waals surface area contributed by atoms with Crippen molar-refractivity contribution in [3.8, 4) is 0 Å². The van der Waals surface area contributed by atoms with Crippen LogP contribution in [-0.4, -0.2) is 41.5 Å². The maximum absolute atomic E-state index is 12.9. The van der Waals surface area contributed by atoms with Gasteiger partial charge in [-0.1, -0.05) is 6.07 Å². The summed E-state index contributed by atoms with van der Waals surface area (Å²) < 4.78 is 12.9. The zero-order chi connectivity index (χ0) is 13.1. The minimum absolute atomic E-state index is 0.140. The van der Waals surface area contributed by atoms with E-state index >= 15 is 0 Å². The third kappa shape index (κ3) is 3.04. The lowest BCUT2D eigenvalue weighted by Gasteiger charge is -2.35. The molecule has 4 nitrogen and oxygen atoms in total. The van der Waals surface area contributed by atoms with Gasteiger partial charge in [0.2, 0.25) is 5.95 Å². The predicted molar refractivity (Wildman–Crippen MR) is 66.8 cm³/mol. The minimum Gasteiger partial charge on any atom is -0.348 e. The number of halogens is 1. The molecular weight excluding hydrogens is 233 g/mol. The van der Waals surface area contributed by atoms with Gasteiger partial charge in [0.05, 0.1) is 0 Å². The molecule has 0 radical (unpaired) electrons. The highest BCUT2D eigenvalue weighted by Crippen LogP contribution is 2.15. The molecule has 5 heteroatoms. The first-order chi connectivity index (χ1) is 8.56. The first kappa shape index (κ1) is 13.0. The third-order valence-corrected chi connectivity index (χ3v) is 3.49. The van der Waals surface area contributed by atoms with Crippen LogP contribution >= 0.6 is 0 Å². The summed E-state index contributed by atoms with van der Waals surface area (Å²) in [5, 5.41) is 2.92. The fourth-order valence-corrected chi connectivity index (χ4v) is 2.21. The Bertz CT molecular complexity index is 438. The molecular formula is C13H18FN3O. The van der Waals surface area contributed by atoms with Crippen molar-refractivity contribution in [2.45, 2.75) is 31.8 Å². The van der Waals surface area contributed by atoms with E-state index < -0.39 is 5.95 Å². The second kappa shape index (κ2) is 5.44. The van der Waals surface area contributed by atoms with Gasteiger partial charge in [0.1, 0.15) is 5.69 Å². The van der Waals surface area contributed by atoms with Gasteiger partial charge in [-0.15, -0.1) is 0 Å². The number of aromatic nitrogens is 1. The predicted octanol–water partition coefficient (Wildman–Crippen LogP) is 1.43. The Morgan fingerprint density at radius 1 is 1.56 bits per heavy atom. The Hall–Kier alpha value is -1.49. The summed E-state index contributed by atoms with van der Waals surface area (Å²) in [5.74, 6) is -0.921. The summed E-state index contributed by atoms with van der Waals surface area (Å²) in [6.45, 7) is 3.10. The van der Waals surface area contributed by atoms with E-state index in [4.69, 9.17) is 0 Å². The van der Waals surface area contributed by atoms with Crippen molar-refractivity contribution in [3.05, 3.63) is 29.8 Å². The highest BCUT2D eigenvalue weighted by molar-refractivity contribution is 5.92. The molecule has 1 fully saturated rings.